The van der Waals surface area contributed by atoms with Crippen LogP contribution in [0.3, 0.4) is 0 Å². The first-order chi connectivity index (χ1) is 6.77. The van der Waals surface area contributed by atoms with E-state index in [1.165, 1.54) is 0 Å². The molecule has 0 amide bonds. The molecule has 0 bridgehead atoms. The number of para-hydroxylation sites is 1. The molecule has 0 saturated carbocycles. The predicted octanol–water partition coefficient (Wildman–Crippen LogP) is 3.41. The van der Waals surface area contributed by atoms with Crippen molar-refractivity contribution in [2.24, 2.45) is 0 Å². The van der Waals surface area contributed by atoms with Gasteiger partial charge in [0.15, 0.2) is 0 Å². The molecule has 2 nitrogen and oxygen atoms in total. The maximum absolute atomic E-state index is 5.32. The fourth-order valence-corrected chi connectivity index (χ4v) is 2.72. The van der Waals surface area contributed by atoms with Gasteiger partial charge in [-0.3, -0.25) is 0 Å². The van der Waals surface area contributed by atoms with Crippen LogP contribution in [0.1, 0.15) is 6.42 Å². The first kappa shape index (κ1) is 10.5. The summed E-state index contributed by atoms with van der Waals surface area (Å²) in [6.45, 7) is 1.66. The highest BCUT2D eigenvalue weighted by Crippen LogP contribution is 2.31. The Bertz CT molecular complexity index is 304. The molecule has 0 spiro atoms. The van der Waals surface area contributed by atoms with Gasteiger partial charge in [0.25, 0.3) is 0 Å². The minimum Gasteiger partial charge on any atom is -0.379 e. The highest BCUT2D eigenvalue weighted by atomic mass is 79.9. The zero-order valence-corrected chi connectivity index (χ0v) is 10.8. The molecule has 0 radical (unpaired) electrons. The number of hydrogen-bond acceptors (Lipinski definition) is 2. The van der Waals surface area contributed by atoms with Crippen molar-refractivity contribution in [2.75, 3.05) is 18.5 Å². The van der Waals surface area contributed by atoms with Gasteiger partial charge in [-0.2, -0.15) is 0 Å². The van der Waals surface area contributed by atoms with Crippen molar-refractivity contribution in [3.05, 3.63) is 27.1 Å². The van der Waals surface area contributed by atoms with Gasteiger partial charge < -0.3 is 10.1 Å². The van der Waals surface area contributed by atoms with Gasteiger partial charge in [-0.25, -0.2) is 0 Å². The van der Waals surface area contributed by atoms with Gasteiger partial charge in [-0.1, -0.05) is 6.07 Å². The molecule has 1 atom stereocenters. The highest BCUT2D eigenvalue weighted by Gasteiger charge is 2.17. The topological polar surface area (TPSA) is 21.3 Å². The highest BCUT2D eigenvalue weighted by molar-refractivity contribution is 9.11. The lowest BCUT2D eigenvalue weighted by Gasteiger charge is -2.15. The summed E-state index contributed by atoms with van der Waals surface area (Å²) in [4.78, 5) is 0. The molecule has 1 aromatic carbocycles. The Balaban J connectivity index is 2.14. The van der Waals surface area contributed by atoms with Crippen molar-refractivity contribution in [3.8, 4) is 0 Å². The van der Waals surface area contributed by atoms with E-state index in [0.717, 1.165) is 34.3 Å². The summed E-state index contributed by atoms with van der Waals surface area (Å²) in [6, 6.07) is 6.50. The molecular formula is C10H11Br2NO. The molecule has 76 valence electrons. The third-order valence-corrected chi connectivity index (χ3v) is 3.56. The van der Waals surface area contributed by atoms with Crippen LogP contribution in [-0.4, -0.2) is 19.3 Å². The van der Waals surface area contributed by atoms with Crippen LogP contribution < -0.4 is 5.32 Å². The molecule has 0 aromatic heterocycles. The van der Waals surface area contributed by atoms with Crippen molar-refractivity contribution < 1.29 is 4.74 Å². The molecule has 0 aliphatic carbocycles. The van der Waals surface area contributed by atoms with Crippen molar-refractivity contribution in [1.82, 2.24) is 0 Å². The molecule has 1 aliphatic heterocycles. The summed E-state index contributed by atoms with van der Waals surface area (Å²) in [5.41, 5.74) is 1.11. The smallest absolute Gasteiger partial charge is 0.0668 e. The van der Waals surface area contributed by atoms with E-state index in [4.69, 9.17) is 4.74 Å². The number of halogens is 2. The number of nitrogens with one attached hydrogen (secondary N) is 1. The molecule has 1 unspecified atom stereocenters. The van der Waals surface area contributed by atoms with Crippen LogP contribution in [0.2, 0.25) is 0 Å². The van der Waals surface area contributed by atoms with Gasteiger partial charge in [0.05, 0.1) is 18.3 Å². The van der Waals surface area contributed by atoms with E-state index >= 15 is 0 Å². The SMILES string of the molecule is Brc1cccc(Br)c1NC1CCOC1. The predicted molar refractivity (Wildman–Crippen MR) is 64.7 cm³/mol. The van der Waals surface area contributed by atoms with Crippen molar-refractivity contribution in [2.45, 2.75) is 12.5 Å². The number of hydrogen-bond donors (Lipinski definition) is 1. The van der Waals surface area contributed by atoms with Gasteiger partial charge in [0.1, 0.15) is 0 Å². The lowest BCUT2D eigenvalue weighted by Crippen LogP contribution is -2.19. The van der Waals surface area contributed by atoms with E-state index < -0.39 is 0 Å². The fraction of sp³-hybridized carbons (Fsp3) is 0.400. The molecule has 1 aromatic rings. The summed E-state index contributed by atoms with van der Waals surface area (Å²) >= 11 is 7.04. The van der Waals surface area contributed by atoms with Crippen LogP contribution >= 0.6 is 31.9 Å². The second kappa shape index (κ2) is 4.64. The van der Waals surface area contributed by atoms with Gasteiger partial charge in [0.2, 0.25) is 0 Å². The van der Waals surface area contributed by atoms with E-state index in [1.807, 2.05) is 18.2 Å². The second-order valence-electron chi connectivity index (χ2n) is 3.30. The van der Waals surface area contributed by atoms with E-state index in [2.05, 4.69) is 37.2 Å². The van der Waals surface area contributed by atoms with E-state index in [-0.39, 0.29) is 0 Å². The summed E-state index contributed by atoms with van der Waals surface area (Å²) < 4.78 is 7.48. The van der Waals surface area contributed by atoms with Gasteiger partial charge in [-0.05, 0) is 50.4 Å². The van der Waals surface area contributed by atoms with Crippen LogP contribution in [0, 0.1) is 0 Å². The second-order valence-corrected chi connectivity index (χ2v) is 5.01. The Morgan fingerprint density at radius 1 is 1.29 bits per heavy atom. The maximum Gasteiger partial charge on any atom is 0.0668 e. The average molecular weight is 321 g/mol. The third kappa shape index (κ3) is 2.30. The zero-order chi connectivity index (χ0) is 9.97. The van der Waals surface area contributed by atoms with Crippen LogP contribution in [0.25, 0.3) is 0 Å². The fourth-order valence-electron chi connectivity index (χ4n) is 1.49. The summed E-state index contributed by atoms with van der Waals surface area (Å²) in [5.74, 6) is 0. The normalized spacial score (nSPS) is 21.1. The number of rotatable bonds is 2. The third-order valence-electron chi connectivity index (χ3n) is 2.24. The van der Waals surface area contributed by atoms with Crippen molar-refractivity contribution >= 4 is 37.5 Å². The lowest BCUT2D eigenvalue weighted by molar-refractivity contribution is 0.195. The van der Waals surface area contributed by atoms with Crippen LogP contribution in [0.4, 0.5) is 5.69 Å². The Morgan fingerprint density at radius 2 is 2.00 bits per heavy atom. The minimum absolute atomic E-state index is 0.435. The van der Waals surface area contributed by atoms with Gasteiger partial charge in [-0.15, -0.1) is 0 Å². The molecule has 14 heavy (non-hydrogen) atoms. The summed E-state index contributed by atoms with van der Waals surface area (Å²) in [6.07, 6.45) is 1.08. The largest absolute Gasteiger partial charge is 0.379 e. The van der Waals surface area contributed by atoms with Crippen molar-refractivity contribution in [1.29, 1.82) is 0 Å². The average Bonchev–Trinajstić information content (AvgIpc) is 2.64. The molecule has 1 saturated heterocycles. The molecular weight excluding hydrogens is 310 g/mol. The molecule has 1 fully saturated rings. The van der Waals surface area contributed by atoms with Crippen LogP contribution in [-0.2, 0) is 4.74 Å². The summed E-state index contributed by atoms with van der Waals surface area (Å²) in [5, 5.41) is 3.46. The Hall–Kier alpha value is -0.0600. The number of ether oxygens (including phenoxy) is 1. The van der Waals surface area contributed by atoms with Crippen LogP contribution in [0.5, 0.6) is 0 Å². The quantitative estimate of drug-likeness (QED) is 0.901. The van der Waals surface area contributed by atoms with Crippen molar-refractivity contribution in [3.63, 3.8) is 0 Å². The minimum atomic E-state index is 0.435. The molecule has 1 N–H and O–H groups in total. The van der Waals surface area contributed by atoms with E-state index in [1.54, 1.807) is 0 Å². The van der Waals surface area contributed by atoms with Gasteiger partial charge >= 0.3 is 0 Å². The van der Waals surface area contributed by atoms with E-state index in [9.17, 15) is 0 Å². The summed E-state index contributed by atoms with van der Waals surface area (Å²) in [7, 11) is 0. The molecule has 1 heterocycles. The van der Waals surface area contributed by atoms with Gasteiger partial charge in [0, 0.05) is 15.6 Å². The molecule has 1 aliphatic rings. The first-order valence-electron chi connectivity index (χ1n) is 4.55. The Labute approximate surface area is 100 Å². The lowest BCUT2D eigenvalue weighted by atomic mass is 10.2. The number of anilines is 1. The monoisotopic (exact) mass is 319 g/mol. The standard InChI is InChI=1S/C10H11Br2NO/c11-8-2-1-3-9(12)10(8)13-7-4-5-14-6-7/h1-3,7,13H,4-6H2. The Morgan fingerprint density at radius 3 is 2.57 bits per heavy atom. The zero-order valence-electron chi connectivity index (χ0n) is 7.59. The van der Waals surface area contributed by atoms with E-state index in [0.29, 0.717) is 6.04 Å². The van der Waals surface area contributed by atoms with Crippen LogP contribution in [0.15, 0.2) is 27.1 Å². The molecule has 4 heteroatoms. The Kier molecular flexibility index (Phi) is 3.47. The molecule has 2 rings (SSSR count). The maximum atomic E-state index is 5.32. The number of benzene rings is 1. The first-order valence-corrected chi connectivity index (χ1v) is 6.14.